The minimum Gasteiger partial charge on any atom is -0.443 e. The van der Waals surface area contributed by atoms with Crippen LogP contribution in [0.25, 0.3) is 11.1 Å². The van der Waals surface area contributed by atoms with Gasteiger partial charge in [0, 0.05) is 29.7 Å². The number of amides is 3. The second-order valence-corrected chi connectivity index (χ2v) is 12.0. The van der Waals surface area contributed by atoms with Gasteiger partial charge in [-0.2, -0.15) is 0 Å². The third-order valence-corrected chi connectivity index (χ3v) is 8.23. The summed E-state index contributed by atoms with van der Waals surface area (Å²) in [6, 6.07) is 6.39. The number of urea groups is 1. The van der Waals surface area contributed by atoms with Crippen LogP contribution in [0.1, 0.15) is 36.0 Å². The minimum atomic E-state index is -3.11. The molecule has 0 aliphatic carbocycles. The lowest BCUT2D eigenvalue weighted by Crippen LogP contribution is -2.43. The molecular formula is C21H24N4O5S2. The van der Waals surface area contributed by atoms with Crippen molar-refractivity contribution in [2.45, 2.75) is 26.2 Å². The normalized spacial score (nSPS) is 16.2. The number of aromatic nitrogens is 1. The highest BCUT2D eigenvalue weighted by Gasteiger charge is 2.30. The molecule has 9 nitrogen and oxygen atoms in total. The van der Waals surface area contributed by atoms with Gasteiger partial charge in [0.2, 0.25) is 0 Å². The Balaban J connectivity index is 1.55. The van der Waals surface area contributed by atoms with Gasteiger partial charge in [0.1, 0.15) is 10.5 Å². The Morgan fingerprint density at radius 1 is 1.12 bits per heavy atom. The first-order chi connectivity index (χ1) is 15.0. The summed E-state index contributed by atoms with van der Waals surface area (Å²) in [5.41, 5.74) is 1.89. The Bertz CT molecular complexity index is 1270. The Morgan fingerprint density at radius 3 is 2.53 bits per heavy atom. The zero-order valence-corrected chi connectivity index (χ0v) is 19.6. The fourth-order valence-corrected chi connectivity index (χ4v) is 5.60. The molecule has 2 aromatic heterocycles. The molecule has 1 fully saturated rings. The van der Waals surface area contributed by atoms with Crippen molar-refractivity contribution in [3.63, 3.8) is 0 Å². The highest BCUT2D eigenvalue weighted by molar-refractivity contribution is 7.91. The molecule has 4 rings (SSSR count). The van der Waals surface area contributed by atoms with Crippen molar-refractivity contribution in [2.24, 2.45) is 0 Å². The van der Waals surface area contributed by atoms with Crippen LogP contribution in [-0.2, 0) is 15.3 Å². The molecule has 0 spiro atoms. The van der Waals surface area contributed by atoms with Crippen LogP contribution in [0.4, 0.5) is 15.5 Å². The first-order valence-corrected chi connectivity index (χ1v) is 12.7. The van der Waals surface area contributed by atoms with Crippen LogP contribution in [-0.4, -0.2) is 54.8 Å². The van der Waals surface area contributed by atoms with Crippen molar-refractivity contribution >= 4 is 54.9 Å². The summed E-state index contributed by atoms with van der Waals surface area (Å²) < 4.78 is 28.7. The molecule has 3 aromatic rings. The summed E-state index contributed by atoms with van der Waals surface area (Å²) in [7, 11) is -3.11. The lowest BCUT2D eigenvalue weighted by atomic mass is 9.94. The van der Waals surface area contributed by atoms with Crippen molar-refractivity contribution in [1.82, 2.24) is 9.88 Å². The second-order valence-electron chi connectivity index (χ2n) is 8.66. The maximum atomic E-state index is 13.2. The molecule has 1 aliphatic heterocycles. The van der Waals surface area contributed by atoms with Gasteiger partial charge >= 0.3 is 6.03 Å². The van der Waals surface area contributed by atoms with Gasteiger partial charge < -0.3 is 14.6 Å². The third kappa shape index (κ3) is 4.78. The predicted octanol–water partition coefficient (Wildman–Crippen LogP) is 3.70. The van der Waals surface area contributed by atoms with E-state index in [0.29, 0.717) is 27.4 Å². The molecule has 170 valence electrons. The van der Waals surface area contributed by atoms with Crippen LogP contribution in [0.3, 0.4) is 0 Å². The molecular weight excluding hydrogens is 452 g/mol. The van der Waals surface area contributed by atoms with Crippen LogP contribution < -0.4 is 10.6 Å². The summed E-state index contributed by atoms with van der Waals surface area (Å²) in [5.74, 6) is -0.393. The van der Waals surface area contributed by atoms with E-state index in [4.69, 9.17) is 4.42 Å². The first-order valence-electron chi connectivity index (χ1n) is 10.1. The SMILES string of the molecule is CC(C)(C)c1cc(C(=O)N2CCS(=O)(=O)CC2)c(NC(=O)Nc2ccc3ncoc3c2)s1. The monoisotopic (exact) mass is 476 g/mol. The summed E-state index contributed by atoms with van der Waals surface area (Å²) in [6.07, 6.45) is 1.33. The number of benzene rings is 1. The van der Waals surface area contributed by atoms with Gasteiger partial charge in [-0.05, 0) is 23.6 Å². The second kappa shape index (κ2) is 8.21. The molecule has 3 amide bonds. The van der Waals surface area contributed by atoms with Crippen LogP contribution in [0.2, 0.25) is 0 Å². The Kier molecular flexibility index (Phi) is 5.72. The highest BCUT2D eigenvalue weighted by atomic mass is 32.2. The largest absolute Gasteiger partial charge is 0.443 e. The number of oxazole rings is 1. The van der Waals surface area contributed by atoms with Crippen molar-refractivity contribution < 1.29 is 22.4 Å². The predicted molar refractivity (Wildman–Crippen MR) is 124 cm³/mol. The van der Waals surface area contributed by atoms with Crippen molar-refractivity contribution in [3.8, 4) is 0 Å². The minimum absolute atomic E-state index is 0.0532. The van der Waals surface area contributed by atoms with E-state index < -0.39 is 15.9 Å². The molecule has 0 radical (unpaired) electrons. The zero-order valence-electron chi connectivity index (χ0n) is 18.0. The summed E-state index contributed by atoms with van der Waals surface area (Å²) in [6.45, 7) is 6.36. The lowest BCUT2D eigenvalue weighted by molar-refractivity contribution is 0.0771. The van der Waals surface area contributed by atoms with Gasteiger partial charge in [-0.1, -0.05) is 20.8 Å². The van der Waals surface area contributed by atoms with E-state index in [1.165, 1.54) is 22.6 Å². The first kappa shape index (κ1) is 22.3. The molecule has 1 aliphatic rings. The van der Waals surface area contributed by atoms with E-state index in [2.05, 4.69) is 15.6 Å². The van der Waals surface area contributed by atoms with Crippen molar-refractivity contribution in [1.29, 1.82) is 0 Å². The maximum Gasteiger partial charge on any atom is 0.324 e. The van der Waals surface area contributed by atoms with E-state index in [-0.39, 0.29) is 35.9 Å². The number of nitrogens with one attached hydrogen (secondary N) is 2. The van der Waals surface area contributed by atoms with E-state index in [1.807, 2.05) is 20.8 Å². The van der Waals surface area contributed by atoms with Gasteiger partial charge in [0.25, 0.3) is 5.91 Å². The average molecular weight is 477 g/mol. The van der Waals surface area contributed by atoms with Gasteiger partial charge in [-0.3, -0.25) is 10.1 Å². The molecule has 3 heterocycles. The van der Waals surface area contributed by atoms with Crippen LogP contribution in [0.15, 0.2) is 35.1 Å². The van der Waals surface area contributed by atoms with Gasteiger partial charge in [0.05, 0.1) is 17.1 Å². The van der Waals surface area contributed by atoms with Crippen molar-refractivity contribution in [3.05, 3.63) is 41.1 Å². The topological polar surface area (TPSA) is 122 Å². The number of anilines is 2. The van der Waals surface area contributed by atoms with Crippen molar-refractivity contribution in [2.75, 3.05) is 35.2 Å². The number of fused-ring (bicyclic) bond motifs is 1. The van der Waals surface area contributed by atoms with E-state index in [1.54, 1.807) is 24.3 Å². The molecule has 32 heavy (non-hydrogen) atoms. The molecule has 1 aromatic carbocycles. The quantitative estimate of drug-likeness (QED) is 0.594. The third-order valence-electron chi connectivity index (χ3n) is 5.15. The van der Waals surface area contributed by atoms with Crippen LogP contribution >= 0.6 is 11.3 Å². The Labute approximate surface area is 189 Å². The summed E-state index contributed by atoms with van der Waals surface area (Å²) in [4.78, 5) is 32.4. The fraction of sp³-hybridized carbons (Fsp3) is 0.381. The van der Waals surface area contributed by atoms with Crippen LogP contribution in [0, 0.1) is 0 Å². The molecule has 0 saturated carbocycles. The number of hydrogen-bond donors (Lipinski definition) is 2. The van der Waals surface area contributed by atoms with E-state index in [9.17, 15) is 18.0 Å². The number of nitrogens with zero attached hydrogens (tertiary/aromatic N) is 2. The van der Waals surface area contributed by atoms with E-state index >= 15 is 0 Å². The number of hydrogen-bond acceptors (Lipinski definition) is 7. The molecule has 11 heteroatoms. The molecule has 1 saturated heterocycles. The number of rotatable bonds is 3. The molecule has 2 N–H and O–H groups in total. The highest BCUT2D eigenvalue weighted by Crippen LogP contribution is 2.37. The molecule has 0 bridgehead atoms. The Morgan fingerprint density at radius 2 is 1.84 bits per heavy atom. The number of thiophene rings is 1. The number of carbonyl (C=O) groups is 2. The smallest absolute Gasteiger partial charge is 0.324 e. The van der Waals surface area contributed by atoms with E-state index in [0.717, 1.165) is 4.88 Å². The molecule has 0 atom stereocenters. The number of carbonyl (C=O) groups excluding carboxylic acids is 2. The average Bonchev–Trinajstić information content (AvgIpc) is 3.33. The van der Waals surface area contributed by atoms with Gasteiger partial charge in [-0.15, -0.1) is 11.3 Å². The Hall–Kier alpha value is -2.92. The number of sulfone groups is 1. The van der Waals surface area contributed by atoms with Gasteiger partial charge in [-0.25, -0.2) is 18.2 Å². The zero-order chi connectivity index (χ0) is 23.1. The summed E-state index contributed by atoms with van der Waals surface area (Å²) in [5, 5.41) is 5.95. The van der Waals surface area contributed by atoms with Gasteiger partial charge in [0.15, 0.2) is 21.8 Å². The summed E-state index contributed by atoms with van der Waals surface area (Å²) >= 11 is 1.34. The lowest BCUT2D eigenvalue weighted by Gasteiger charge is -2.26. The maximum absolute atomic E-state index is 13.2. The fourth-order valence-electron chi connectivity index (χ4n) is 3.30. The van der Waals surface area contributed by atoms with Crippen LogP contribution in [0.5, 0.6) is 0 Å². The standard InChI is InChI=1S/C21H24N4O5S2/c1-21(2,3)17-11-14(19(26)25-6-8-32(28,29)9-7-25)18(31-17)24-20(27)23-13-4-5-15-16(10-13)30-12-22-15/h4-5,10-12H,6-9H2,1-3H3,(H2,23,24,27). The molecule has 0 unspecified atom stereocenters.